The number of hydrogen-bond donors (Lipinski definition) is 0. The minimum absolute atomic E-state index is 0.0133. The molecule has 0 aromatic heterocycles. The van der Waals surface area contributed by atoms with E-state index in [4.69, 9.17) is 10.00 Å². The number of nitrogens with zero attached hydrogens (tertiary/aromatic N) is 2. The molecule has 0 radical (unpaired) electrons. The minimum atomic E-state index is -0.315. The van der Waals surface area contributed by atoms with Crippen molar-refractivity contribution in [3.05, 3.63) is 0 Å². The quantitative estimate of drug-likeness (QED) is 0.410. The molecule has 0 aliphatic rings. The van der Waals surface area contributed by atoms with Crippen molar-refractivity contribution in [3.8, 4) is 6.19 Å². The van der Waals surface area contributed by atoms with Gasteiger partial charge in [0.15, 0.2) is 6.19 Å². The Hall–Kier alpha value is -1.08. The number of carbonyl (C=O) groups excluding carboxylic acids is 1. The molecule has 0 heterocycles. The molecule has 0 N–H and O–H groups in total. The molecule has 0 aliphatic heterocycles. The van der Waals surface area contributed by atoms with Crippen LogP contribution in [0.15, 0.2) is 0 Å². The average Bonchev–Trinajstić information content (AvgIpc) is 1.98. The maximum Gasteiger partial charge on any atom is 0.261 e. The zero-order valence-corrected chi connectivity index (χ0v) is 6.13. The van der Waals surface area contributed by atoms with Crippen molar-refractivity contribution in [2.75, 3.05) is 20.3 Å². The molecule has 10 heavy (non-hydrogen) atoms. The highest BCUT2D eigenvalue weighted by Crippen LogP contribution is 1.82. The third-order valence-corrected chi connectivity index (χ3v) is 0.954. The number of carbonyl (C=O) groups is 1. The zero-order valence-electron chi connectivity index (χ0n) is 6.13. The molecule has 0 aromatic carbocycles. The van der Waals surface area contributed by atoms with Gasteiger partial charge in [0.05, 0.1) is 0 Å². The Bertz CT molecular complexity index is 150. The number of amides is 1. The first-order chi connectivity index (χ1) is 4.72. The first-order valence-corrected chi connectivity index (χ1v) is 2.96. The second-order valence-electron chi connectivity index (χ2n) is 1.69. The summed E-state index contributed by atoms with van der Waals surface area (Å²) in [4.78, 5) is 11.7. The summed E-state index contributed by atoms with van der Waals surface area (Å²) in [6.45, 7) is 2.27. The van der Waals surface area contributed by atoms with E-state index >= 15 is 0 Å². The van der Waals surface area contributed by atoms with Gasteiger partial charge in [-0.1, -0.05) is 0 Å². The van der Waals surface area contributed by atoms with E-state index in [9.17, 15) is 4.79 Å². The van der Waals surface area contributed by atoms with E-state index in [1.54, 1.807) is 13.1 Å². The van der Waals surface area contributed by atoms with Crippen LogP contribution in [0.4, 0.5) is 0 Å². The van der Waals surface area contributed by atoms with Crippen LogP contribution >= 0.6 is 0 Å². The van der Waals surface area contributed by atoms with Crippen molar-refractivity contribution in [1.29, 1.82) is 5.26 Å². The maximum absolute atomic E-state index is 10.7. The van der Waals surface area contributed by atoms with E-state index < -0.39 is 0 Å². The van der Waals surface area contributed by atoms with Crippen molar-refractivity contribution in [2.45, 2.75) is 6.92 Å². The van der Waals surface area contributed by atoms with Crippen molar-refractivity contribution in [1.82, 2.24) is 4.90 Å². The van der Waals surface area contributed by atoms with Gasteiger partial charge in [0.2, 0.25) is 0 Å². The highest BCUT2D eigenvalue weighted by atomic mass is 16.5. The van der Waals surface area contributed by atoms with Crippen LogP contribution in [0, 0.1) is 11.5 Å². The van der Waals surface area contributed by atoms with Crippen molar-refractivity contribution in [3.63, 3.8) is 0 Å². The maximum atomic E-state index is 10.7. The van der Waals surface area contributed by atoms with Gasteiger partial charge in [0.25, 0.3) is 5.91 Å². The smallest absolute Gasteiger partial charge is 0.261 e. The van der Waals surface area contributed by atoms with Gasteiger partial charge in [-0.3, -0.25) is 9.69 Å². The van der Waals surface area contributed by atoms with Crippen molar-refractivity contribution in [2.24, 2.45) is 0 Å². The van der Waals surface area contributed by atoms with Gasteiger partial charge < -0.3 is 4.74 Å². The summed E-state index contributed by atoms with van der Waals surface area (Å²) in [7, 11) is 1.40. The predicted octanol–water partition coefficient (Wildman–Crippen LogP) is -0.0376. The van der Waals surface area contributed by atoms with Crippen LogP contribution in [0.25, 0.3) is 0 Å². The highest BCUT2D eigenvalue weighted by Gasteiger charge is 2.05. The van der Waals surface area contributed by atoms with Crippen LogP contribution in [0.5, 0.6) is 0 Å². The summed E-state index contributed by atoms with van der Waals surface area (Å²) in [6, 6.07) is 0. The van der Waals surface area contributed by atoms with E-state index in [1.807, 2.05) is 0 Å². The predicted molar refractivity (Wildman–Crippen MR) is 34.9 cm³/mol. The SMILES string of the molecule is CCOCC(=O)N(C)C#N. The Morgan fingerprint density at radius 2 is 2.40 bits per heavy atom. The number of rotatable bonds is 3. The topological polar surface area (TPSA) is 53.3 Å². The van der Waals surface area contributed by atoms with Gasteiger partial charge in [-0.25, -0.2) is 0 Å². The monoisotopic (exact) mass is 142 g/mol. The standard InChI is InChI=1S/C6H10N2O2/c1-3-10-4-6(9)8(2)5-7/h3-4H2,1-2H3. The van der Waals surface area contributed by atoms with Gasteiger partial charge >= 0.3 is 0 Å². The third-order valence-electron chi connectivity index (χ3n) is 0.954. The lowest BCUT2D eigenvalue weighted by Gasteiger charge is -2.05. The van der Waals surface area contributed by atoms with Crippen molar-refractivity contribution < 1.29 is 9.53 Å². The first kappa shape index (κ1) is 8.92. The Morgan fingerprint density at radius 1 is 1.80 bits per heavy atom. The van der Waals surface area contributed by atoms with E-state index in [2.05, 4.69) is 0 Å². The Morgan fingerprint density at radius 3 is 2.80 bits per heavy atom. The van der Waals surface area contributed by atoms with Gasteiger partial charge in [-0.2, -0.15) is 5.26 Å². The summed E-state index contributed by atoms with van der Waals surface area (Å²) < 4.78 is 4.78. The lowest BCUT2D eigenvalue weighted by Crippen LogP contribution is -2.25. The number of likely N-dealkylation sites (N-methyl/N-ethyl adjacent to an activating group) is 1. The Balaban J connectivity index is 3.54. The van der Waals surface area contributed by atoms with Crippen LogP contribution < -0.4 is 0 Å². The van der Waals surface area contributed by atoms with Crippen LogP contribution in [-0.4, -0.2) is 31.1 Å². The van der Waals surface area contributed by atoms with Crippen LogP contribution in [0.3, 0.4) is 0 Å². The molecule has 0 atom stereocenters. The summed E-state index contributed by atoms with van der Waals surface area (Å²) >= 11 is 0. The highest BCUT2D eigenvalue weighted by molar-refractivity contribution is 5.78. The van der Waals surface area contributed by atoms with E-state index in [1.165, 1.54) is 7.05 Å². The van der Waals surface area contributed by atoms with Gasteiger partial charge in [-0.15, -0.1) is 0 Å². The van der Waals surface area contributed by atoms with Gasteiger partial charge in [0, 0.05) is 13.7 Å². The van der Waals surface area contributed by atoms with E-state index in [0.29, 0.717) is 6.61 Å². The fourth-order valence-corrected chi connectivity index (χ4v) is 0.342. The molecule has 0 fully saturated rings. The normalized spacial score (nSPS) is 8.50. The summed E-state index contributed by atoms with van der Waals surface area (Å²) in [5.74, 6) is -0.315. The Kier molecular flexibility index (Phi) is 4.25. The molecule has 0 saturated carbocycles. The molecule has 0 bridgehead atoms. The molecular weight excluding hydrogens is 132 g/mol. The number of hydrogen-bond acceptors (Lipinski definition) is 3. The zero-order chi connectivity index (χ0) is 7.98. The molecular formula is C6H10N2O2. The number of nitriles is 1. The summed E-state index contributed by atoms with van der Waals surface area (Å²) in [5.41, 5.74) is 0. The summed E-state index contributed by atoms with van der Waals surface area (Å²) in [6.07, 6.45) is 1.68. The second-order valence-corrected chi connectivity index (χ2v) is 1.69. The van der Waals surface area contributed by atoms with Crippen LogP contribution in [0.2, 0.25) is 0 Å². The molecule has 1 amide bonds. The average molecular weight is 142 g/mol. The molecule has 0 rings (SSSR count). The van der Waals surface area contributed by atoms with Gasteiger partial charge in [-0.05, 0) is 6.92 Å². The molecule has 0 unspecified atom stereocenters. The van der Waals surface area contributed by atoms with Crippen LogP contribution in [0.1, 0.15) is 6.92 Å². The second kappa shape index (κ2) is 4.77. The third kappa shape index (κ3) is 3.05. The summed E-state index contributed by atoms with van der Waals surface area (Å²) in [5, 5.41) is 8.20. The minimum Gasteiger partial charge on any atom is -0.372 e. The molecule has 4 heteroatoms. The molecule has 56 valence electrons. The molecule has 0 aliphatic carbocycles. The van der Waals surface area contributed by atoms with Crippen molar-refractivity contribution >= 4 is 5.91 Å². The first-order valence-electron chi connectivity index (χ1n) is 2.96. The fraction of sp³-hybridized carbons (Fsp3) is 0.667. The molecule has 4 nitrogen and oxygen atoms in total. The van der Waals surface area contributed by atoms with Crippen LogP contribution in [-0.2, 0) is 9.53 Å². The fourth-order valence-electron chi connectivity index (χ4n) is 0.342. The van der Waals surface area contributed by atoms with E-state index in [-0.39, 0.29) is 12.5 Å². The largest absolute Gasteiger partial charge is 0.372 e. The molecule has 0 aromatic rings. The Labute approximate surface area is 60.0 Å². The van der Waals surface area contributed by atoms with Gasteiger partial charge in [0.1, 0.15) is 6.61 Å². The number of ether oxygens (including phenoxy) is 1. The molecule has 0 saturated heterocycles. The lowest BCUT2D eigenvalue weighted by molar-refractivity contribution is -0.131. The molecule has 0 spiro atoms. The lowest BCUT2D eigenvalue weighted by atomic mass is 10.6. The van der Waals surface area contributed by atoms with E-state index in [0.717, 1.165) is 4.90 Å².